The maximum atomic E-state index is 5.85. The minimum Gasteiger partial charge on any atom is -0.356 e. The molecule has 112 valence electrons. The largest absolute Gasteiger partial charge is 0.356 e. The van der Waals surface area contributed by atoms with E-state index < -0.39 is 0 Å². The lowest BCUT2D eigenvalue weighted by molar-refractivity contribution is -0.0383. The molecule has 5 heteroatoms. The van der Waals surface area contributed by atoms with E-state index in [9.17, 15) is 0 Å². The van der Waals surface area contributed by atoms with Crippen LogP contribution in [-0.4, -0.2) is 40.4 Å². The third kappa shape index (κ3) is 3.31. The Hall–Kier alpha value is -1.72. The summed E-state index contributed by atoms with van der Waals surface area (Å²) in [6, 6.07) is 4.22. The van der Waals surface area contributed by atoms with Crippen molar-refractivity contribution in [3.8, 4) is 11.3 Å². The number of rotatable bonds is 4. The molecule has 0 amide bonds. The third-order valence-corrected chi connectivity index (χ3v) is 3.69. The highest BCUT2D eigenvalue weighted by molar-refractivity contribution is 5.58. The van der Waals surface area contributed by atoms with Crippen LogP contribution in [0.15, 0.2) is 30.7 Å². The summed E-state index contributed by atoms with van der Waals surface area (Å²) in [5.74, 6) is 0. The van der Waals surface area contributed by atoms with Crippen LogP contribution < -0.4 is 0 Å². The minimum atomic E-state index is 0.0567. The molecule has 2 aromatic rings. The van der Waals surface area contributed by atoms with Crippen LogP contribution in [0.5, 0.6) is 0 Å². The molecule has 21 heavy (non-hydrogen) atoms. The molecule has 3 heterocycles. The number of pyridine rings is 1. The average molecular weight is 286 g/mol. The number of nitrogens with zero attached hydrogens (tertiary/aromatic N) is 4. The lowest BCUT2D eigenvalue weighted by Gasteiger charge is -2.24. The zero-order valence-electron chi connectivity index (χ0n) is 12.7. The standard InChI is InChI=1S/C16H22N4O/c1-19(2)12-13-9-14(11-17-10-13)15-6-7-18-20(15)16-5-3-4-8-21-16/h6-7,9-11,16H,3-5,8,12H2,1-2H3. The number of aromatic nitrogens is 3. The van der Waals surface area contributed by atoms with Crippen molar-refractivity contribution < 1.29 is 4.74 Å². The first kappa shape index (κ1) is 14.2. The Bertz CT molecular complexity index is 587. The van der Waals surface area contributed by atoms with E-state index in [0.29, 0.717) is 0 Å². The highest BCUT2D eigenvalue weighted by atomic mass is 16.5. The van der Waals surface area contributed by atoms with Gasteiger partial charge in [-0.1, -0.05) is 0 Å². The molecule has 0 N–H and O–H groups in total. The van der Waals surface area contributed by atoms with Crippen LogP contribution in [0.1, 0.15) is 31.1 Å². The maximum absolute atomic E-state index is 5.85. The van der Waals surface area contributed by atoms with E-state index in [0.717, 1.165) is 37.3 Å². The molecule has 2 aromatic heterocycles. The molecule has 0 radical (unpaired) electrons. The Labute approximate surface area is 125 Å². The van der Waals surface area contributed by atoms with Crippen LogP contribution in [0, 0.1) is 0 Å². The zero-order chi connectivity index (χ0) is 14.7. The van der Waals surface area contributed by atoms with E-state index in [4.69, 9.17) is 4.74 Å². The fourth-order valence-electron chi connectivity index (χ4n) is 2.77. The third-order valence-electron chi connectivity index (χ3n) is 3.69. The summed E-state index contributed by atoms with van der Waals surface area (Å²) in [6.45, 7) is 1.71. The van der Waals surface area contributed by atoms with E-state index in [1.165, 1.54) is 12.0 Å². The normalized spacial score (nSPS) is 19.1. The Kier molecular flexibility index (Phi) is 4.31. The quantitative estimate of drug-likeness (QED) is 0.866. The van der Waals surface area contributed by atoms with Crippen LogP contribution in [0.2, 0.25) is 0 Å². The van der Waals surface area contributed by atoms with Crippen LogP contribution in [-0.2, 0) is 11.3 Å². The first-order chi connectivity index (χ1) is 10.2. The van der Waals surface area contributed by atoms with E-state index in [2.05, 4.69) is 35.1 Å². The first-order valence-electron chi connectivity index (χ1n) is 7.48. The summed E-state index contributed by atoms with van der Waals surface area (Å²) in [5, 5.41) is 4.46. The molecular weight excluding hydrogens is 264 g/mol. The SMILES string of the molecule is CN(C)Cc1cncc(-c2ccnn2C2CCCCO2)c1. The maximum Gasteiger partial charge on any atom is 0.150 e. The molecule has 1 saturated heterocycles. The summed E-state index contributed by atoms with van der Waals surface area (Å²) in [7, 11) is 4.12. The molecule has 3 rings (SSSR count). The Balaban J connectivity index is 1.88. The summed E-state index contributed by atoms with van der Waals surface area (Å²) in [5.41, 5.74) is 3.38. The topological polar surface area (TPSA) is 43.2 Å². The lowest BCUT2D eigenvalue weighted by atomic mass is 10.1. The van der Waals surface area contributed by atoms with Gasteiger partial charge in [-0.25, -0.2) is 4.68 Å². The van der Waals surface area contributed by atoms with Gasteiger partial charge in [0.15, 0.2) is 6.23 Å². The minimum absolute atomic E-state index is 0.0567. The number of hydrogen-bond acceptors (Lipinski definition) is 4. The van der Waals surface area contributed by atoms with Crippen molar-refractivity contribution in [2.75, 3.05) is 20.7 Å². The molecule has 1 aliphatic heterocycles. The molecular formula is C16H22N4O. The van der Waals surface area contributed by atoms with E-state index >= 15 is 0 Å². The van der Waals surface area contributed by atoms with Crippen molar-refractivity contribution in [3.05, 3.63) is 36.3 Å². The summed E-state index contributed by atoms with van der Waals surface area (Å²) < 4.78 is 7.85. The van der Waals surface area contributed by atoms with Crippen molar-refractivity contribution >= 4 is 0 Å². The molecule has 0 saturated carbocycles. The smallest absolute Gasteiger partial charge is 0.150 e. The van der Waals surface area contributed by atoms with Gasteiger partial charge in [0.25, 0.3) is 0 Å². The molecule has 0 aromatic carbocycles. The fourth-order valence-corrected chi connectivity index (χ4v) is 2.77. The van der Waals surface area contributed by atoms with Gasteiger partial charge < -0.3 is 9.64 Å². The van der Waals surface area contributed by atoms with Gasteiger partial charge in [0.2, 0.25) is 0 Å². The van der Waals surface area contributed by atoms with Crippen LogP contribution in [0.25, 0.3) is 11.3 Å². The van der Waals surface area contributed by atoms with Gasteiger partial charge in [0.1, 0.15) is 0 Å². The van der Waals surface area contributed by atoms with E-state index in [-0.39, 0.29) is 6.23 Å². The van der Waals surface area contributed by atoms with Crippen molar-refractivity contribution in [2.24, 2.45) is 0 Å². The lowest BCUT2D eigenvalue weighted by Crippen LogP contribution is -2.20. The second-order valence-corrected chi connectivity index (χ2v) is 5.80. The Morgan fingerprint density at radius 3 is 3.00 bits per heavy atom. The van der Waals surface area contributed by atoms with Gasteiger partial charge in [-0.05, 0) is 51.1 Å². The Morgan fingerprint density at radius 1 is 1.33 bits per heavy atom. The van der Waals surface area contributed by atoms with Crippen LogP contribution in [0.4, 0.5) is 0 Å². The monoisotopic (exact) mass is 286 g/mol. The average Bonchev–Trinajstić information content (AvgIpc) is 2.97. The fraction of sp³-hybridized carbons (Fsp3) is 0.500. The second-order valence-electron chi connectivity index (χ2n) is 5.80. The zero-order valence-corrected chi connectivity index (χ0v) is 12.7. The highest BCUT2D eigenvalue weighted by Crippen LogP contribution is 2.28. The highest BCUT2D eigenvalue weighted by Gasteiger charge is 2.19. The van der Waals surface area contributed by atoms with Crippen molar-refractivity contribution in [1.29, 1.82) is 0 Å². The molecule has 1 unspecified atom stereocenters. The van der Waals surface area contributed by atoms with E-state index in [1.807, 2.05) is 29.3 Å². The summed E-state index contributed by atoms with van der Waals surface area (Å²) >= 11 is 0. The Morgan fingerprint density at radius 2 is 2.24 bits per heavy atom. The van der Waals surface area contributed by atoms with Gasteiger partial charge in [-0.3, -0.25) is 4.98 Å². The molecule has 0 aliphatic carbocycles. The number of hydrogen-bond donors (Lipinski definition) is 0. The molecule has 5 nitrogen and oxygen atoms in total. The number of ether oxygens (including phenoxy) is 1. The van der Waals surface area contributed by atoms with Gasteiger partial charge in [0, 0.05) is 37.3 Å². The molecule has 1 aliphatic rings. The molecule has 0 bridgehead atoms. The van der Waals surface area contributed by atoms with Gasteiger partial charge in [-0.2, -0.15) is 5.10 Å². The van der Waals surface area contributed by atoms with Crippen LogP contribution >= 0.6 is 0 Å². The predicted molar refractivity (Wildman–Crippen MR) is 81.7 cm³/mol. The van der Waals surface area contributed by atoms with E-state index in [1.54, 1.807) is 0 Å². The molecule has 1 fully saturated rings. The van der Waals surface area contributed by atoms with Crippen LogP contribution in [0.3, 0.4) is 0 Å². The van der Waals surface area contributed by atoms with Gasteiger partial charge in [0.05, 0.1) is 5.69 Å². The van der Waals surface area contributed by atoms with Crippen molar-refractivity contribution in [2.45, 2.75) is 32.0 Å². The first-order valence-corrected chi connectivity index (χ1v) is 7.48. The van der Waals surface area contributed by atoms with Crippen molar-refractivity contribution in [3.63, 3.8) is 0 Å². The second kappa shape index (κ2) is 6.37. The molecule has 0 spiro atoms. The van der Waals surface area contributed by atoms with Gasteiger partial charge >= 0.3 is 0 Å². The molecule has 1 atom stereocenters. The van der Waals surface area contributed by atoms with Gasteiger partial charge in [-0.15, -0.1) is 0 Å². The predicted octanol–water partition coefficient (Wildman–Crippen LogP) is 2.71. The summed E-state index contributed by atoms with van der Waals surface area (Å²) in [6.07, 6.45) is 9.08. The van der Waals surface area contributed by atoms with Crippen molar-refractivity contribution in [1.82, 2.24) is 19.7 Å². The summed E-state index contributed by atoms with van der Waals surface area (Å²) in [4.78, 5) is 6.51.